The third-order valence-electron chi connectivity index (χ3n) is 3.44. The molecular weight excluding hydrogens is 254 g/mol. The van der Waals surface area contributed by atoms with E-state index in [1.165, 1.54) is 5.56 Å². The maximum atomic E-state index is 9.52. The highest BCUT2D eigenvalue weighted by Gasteiger charge is 2.22. The second-order valence-corrected chi connectivity index (χ2v) is 5.02. The molecule has 0 radical (unpaired) electrons. The molecule has 19 heavy (non-hydrogen) atoms. The van der Waals surface area contributed by atoms with E-state index >= 15 is 0 Å². The van der Waals surface area contributed by atoms with Gasteiger partial charge in [0.2, 0.25) is 0 Å². The number of hydrogen-bond donors (Lipinski definition) is 0. The van der Waals surface area contributed by atoms with Gasteiger partial charge in [0.05, 0.1) is 12.0 Å². The second-order valence-electron chi connectivity index (χ2n) is 4.58. The van der Waals surface area contributed by atoms with Crippen molar-refractivity contribution in [1.82, 2.24) is 0 Å². The van der Waals surface area contributed by atoms with Crippen LogP contribution in [0.3, 0.4) is 0 Å². The first-order valence-electron chi connectivity index (χ1n) is 6.46. The summed E-state index contributed by atoms with van der Waals surface area (Å²) in [7, 11) is 0. The second kappa shape index (κ2) is 6.41. The van der Waals surface area contributed by atoms with Crippen molar-refractivity contribution in [2.75, 3.05) is 0 Å². The highest BCUT2D eigenvalue weighted by molar-refractivity contribution is 6.30. The molecule has 0 aliphatic rings. The molecule has 2 rings (SSSR count). The smallest absolute Gasteiger partial charge is 0.0781 e. The van der Waals surface area contributed by atoms with Gasteiger partial charge in [-0.1, -0.05) is 61.0 Å². The Balaban J connectivity index is 2.35. The number of rotatable bonds is 4. The van der Waals surface area contributed by atoms with Crippen LogP contribution in [0.5, 0.6) is 0 Å². The fourth-order valence-corrected chi connectivity index (χ4v) is 2.56. The Kier molecular flexibility index (Phi) is 4.60. The van der Waals surface area contributed by atoms with Crippen LogP contribution in [-0.4, -0.2) is 0 Å². The van der Waals surface area contributed by atoms with Gasteiger partial charge in [-0.3, -0.25) is 0 Å². The van der Waals surface area contributed by atoms with Crippen LogP contribution < -0.4 is 0 Å². The molecule has 0 saturated heterocycles. The first kappa shape index (κ1) is 13.6. The Morgan fingerprint density at radius 1 is 1.00 bits per heavy atom. The van der Waals surface area contributed by atoms with Crippen molar-refractivity contribution in [1.29, 1.82) is 5.26 Å². The van der Waals surface area contributed by atoms with Crippen LogP contribution in [0, 0.1) is 11.3 Å². The van der Waals surface area contributed by atoms with Crippen LogP contribution in [0.4, 0.5) is 0 Å². The highest BCUT2D eigenvalue weighted by atomic mass is 35.5. The fourth-order valence-electron chi connectivity index (χ4n) is 2.43. The predicted molar refractivity (Wildman–Crippen MR) is 79.3 cm³/mol. The summed E-state index contributed by atoms with van der Waals surface area (Å²) in [5.41, 5.74) is 2.24. The lowest BCUT2D eigenvalue weighted by Crippen LogP contribution is -2.09. The Morgan fingerprint density at radius 3 is 2.16 bits per heavy atom. The molecule has 0 fully saturated rings. The van der Waals surface area contributed by atoms with Gasteiger partial charge in [-0.05, 0) is 29.7 Å². The molecule has 1 nitrogen and oxygen atoms in total. The van der Waals surface area contributed by atoms with Crippen molar-refractivity contribution in [3.05, 3.63) is 70.7 Å². The minimum Gasteiger partial charge on any atom is -0.198 e. The molecule has 2 aromatic carbocycles. The van der Waals surface area contributed by atoms with Gasteiger partial charge in [-0.15, -0.1) is 0 Å². The monoisotopic (exact) mass is 269 g/mol. The van der Waals surface area contributed by atoms with Crippen molar-refractivity contribution < 1.29 is 0 Å². The van der Waals surface area contributed by atoms with Crippen LogP contribution >= 0.6 is 11.6 Å². The van der Waals surface area contributed by atoms with E-state index in [2.05, 4.69) is 13.0 Å². The summed E-state index contributed by atoms with van der Waals surface area (Å²) < 4.78 is 0. The molecular formula is C17H16ClN. The maximum Gasteiger partial charge on any atom is 0.0781 e. The largest absolute Gasteiger partial charge is 0.198 e. The third-order valence-corrected chi connectivity index (χ3v) is 3.69. The van der Waals surface area contributed by atoms with Crippen molar-refractivity contribution in [2.24, 2.45) is 0 Å². The third kappa shape index (κ3) is 3.16. The molecule has 0 aliphatic carbocycles. The molecule has 0 amide bonds. The molecule has 2 heteroatoms. The van der Waals surface area contributed by atoms with Crippen molar-refractivity contribution in [3.8, 4) is 6.07 Å². The van der Waals surface area contributed by atoms with E-state index < -0.39 is 0 Å². The van der Waals surface area contributed by atoms with Crippen LogP contribution in [0.1, 0.15) is 36.3 Å². The Labute approximate surface area is 119 Å². The van der Waals surface area contributed by atoms with Crippen molar-refractivity contribution in [3.63, 3.8) is 0 Å². The number of nitrogens with zero attached hydrogens (tertiary/aromatic N) is 1. The van der Waals surface area contributed by atoms with Gasteiger partial charge in [0.15, 0.2) is 0 Å². The number of benzene rings is 2. The number of hydrogen-bond acceptors (Lipinski definition) is 1. The van der Waals surface area contributed by atoms with Gasteiger partial charge in [0.1, 0.15) is 0 Å². The summed E-state index contributed by atoms with van der Waals surface area (Å²) in [6.45, 7) is 2.12. The van der Waals surface area contributed by atoms with E-state index in [4.69, 9.17) is 11.6 Å². The average Bonchev–Trinajstić information content (AvgIpc) is 2.47. The lowest BCUT2D eigenvalue weighted by Gasteiger charge is -2.21. The molecule has 96 valence electrons. The zero-order valence-electron chi connectivity index (χ0n) is 10.9. The minimum atomic E-state index is -0.118. The average molecular weight is 270 g/mol. The van der Waals surface area contributed by atoms with Gasteiger partial charge < -0.3 is 0 Å². The first-order valence-corrected chi connectivity index (χ1v) is 6.84. The quantitative estimate of drug-likeness (QED) is 0.754. The summed E-state index contributed by atoms with van der Waals surface area (Å²) in [6.07, 6.45) is 0.925. The molecule has 0 unspecified atom stereocenters. The van der Waals surface area contributed by atoms with Gasteiger partial charge in [-0.2, -0.15) is 5.26 Å². The van der Waals surface area contributed by atoms with E-state index in [0.717, 1.165) is 17.0 Å². The molecule has 0 heterocycles. The van der Waals surface area contributed by atoms with Crippen molar-refractivity contribution >= 4 is 11.6 Å². The Bertz CT molecular complexity index is 554. The molecule has 0 aliphatic heterocycles. The minimum absolute atomic E-state index is 0.118. The van der Waals surface area contributed by atoms with Crippen molar-refractivity contribution in [2.45, 2.75) is 25.2 Å². The van der Waals surface area contributed by atoms with E-state index in [1.54, 1.807) is 0 Å². The highest BCUT2D eigenvalue weighted by Crippen LogP contribution is 2.35. The molecule has 0 saturated carbocycles. The van der Waals surface area contributed by atoms with Gasteiger partial charge >= 0.3 is 0 Å². The SMILES string of the molecule is CC[C@H](c1ccc(Cl)cc1)[C@@H](C#N)c1ccccc1. The fraction of sp³-hybridized carbons (Fsp3) is 0.235. The standard InChI is InChI=1S/C17H16ClN/c1-2-16(14-8-10-15(18)11-9-14)17(12-19)13-6-4-3-5-7-13/h3-11,16-17H,2H2,1H3/t16-,17+/m1/s1. The molecule has 0 N–H and O–H groups in total. The Hall–Kier alpha value is -1.78. The maximum absolute atomic E-state index is 9.52. The topological polar surface area (TPSA) is 23.8 Å². The number of halogens is 1. The van der Waals surface area contributed by atoms with Gasteiger partial charge in [0.25, 0.3) is 0 Å². The summed E-state index contributed by atoms with van der Waals surface area (Å²) in [6, 6.07) is 20.2. The van der Waals surface area contributed by atoms with Gasteiger partial charge in [-0.25, -0.2) is 0 Å². The lowest BCUT2D eigenvalue weighted by molar-refractivity contribution is 0.607. The van der Waals surface area contributed by atoms with E-state index in [9.17, 15) is 5.26 Å². The van der Waals surface area contributed by atoms with E-state index in [0.29, 0.717) is 0 Å². The lowest BCUT2D eigenvalue weighted by atomic mass is 9.81. The number of nitriles is 1. The normalized spacial score (nSPS) is 13.5. The van der Waals surface area contributed by atoms with Crippen LogP contribution in [0.25, 0.3) is 0 Å². The van der Waals surface area contributed by atoms with Crippen LogP contribution in [0.2, 0.25) is 5.02 Å². The summed E-state index contributed by atoms with van der Waals surface area (Å²) in [5, 5.41) is 10.2. The van der Waals surface area contributed by atoms with Crippen LogP contribution in [0.15, 0.2) is 54.6 Å². The predicted octanol–water partition coefficient (Wildman–Crippen LogP) is 5.14. The first-order chi connectivity index (χ1) is 9.26. The molecule has 0 aromatic heterocycles. The molecule has 2 aromatic rings. The Morgan fingerprint density at radius 2 is 1.63 bits per heavy atom. The molecule has 2 atom stereocenters. The summed E-state index contributed by atoms with van der Waals surface area (Å²) in [4.78, 5) is 0. The van der Waals surface area contributed by atoms with E-state index in [1.807, 2.05) is 54.6 Å². The molecule has 0 spiro atoms. The summed E-state index contributed by atoms with van der Waals surface area (Å²) >= 11 is 5.92. The zero-order valence-corrected chi connectivity index (χ0v) is 11.6. The van der Waals surface area contributed by atoms with Crippen LogP contribution in [-0.2, 0) is 0 Å². The van der Waals surface area contributed by atoms with E-state index in [-0.39, 0.29) is 11.8 Å². The zero-order chi connectivity index (χ0) is 13.7. The summed E-state index contributed by atoms with van der Waals surface area (Å²) in [5.74, 6) is 0.0806. The van der Waals surface area contributed by atoms with Gasteiger partial charge in [0, 0.05) is 10.9 Å². The molecule has 0 bridgehead atoms.